The van der Waals surface area contributed by atoms with Gasteiger partial charge in [0.25, 0.3) is 11.5 Å². The van der Waals surface area contributed by atoms with Crippen molar-refractivity contribution >= 4 is 23.3 Å². The van der Waals surface area contributed by atoms with Gasteiger partial charge in [0.1, 0.15) is 17.3 Å². The number of carbonyl (C=O) groups is 1. The third kappa shape index (κ3) is 2.83. The summed E-state index contributed by atoms with van der Waals surface area (Å²) in [5.41, 5.74) is -0.577. The topological polar surface area (TPSA) is 108 Å². The van der Waals surface area contributed by atoms with Gasteiger partial charge in [0.2, 0.25) is 0 Å². The van der Waals surface area contributed by atoms with Gasteiger partial charge in [-0.05, 0) is 0 Å². The van der Waals surface area contributed by atoms with Gasteiger partial charge < -0.3 is 10.4 Å². The number of hydrogen-bond donors (Lipinski definition) is 3. The summed E-state index contributed by atoms with van der Waals surface area (Å²) in [5, 5.41) is 11.8. The summed E-state index contributed by atoms with van der Waals surface area (Å²) in [5.74, 6) is -0.792. The van der Waals surface area contributed by atoms with Crippen LogP contribution in [0.15, 0.2) is 29.3 Å². The summed E-state index contributed by atoms with van der Waals surface area (Å²) in [6, 6.07) is 3.53. The van der Waals surface area contributed by atoms with E-state index in [9.17, 15) is 14.7 Å². The molecule has 0 atom stereocenters. The van der Waals surface area contributed by atoms with Crippen molar-refractivity contribution in [3.63, 3.8) is 0 Å². The van der Waals surface area contributed by atoms with E-state index in [0.717, 1.165) is 12.1 Å². The Hall–Kier alpha value is -2.41. The van der Waals surface area contributed by atoms with Crippen LogP contribution in [0.25, 0.3) is 0 Å². The molecule has 0 aliphatic carbocycles. The number of rotatable bonds is 2. The molecule has 3 N–H and O–H groups in total. The molecule has 2 aromatic rings. The number of halogens is 1. The maximum Gasteiger partial charge on any atom is 0.257 e. The number of aromatic nitrogens is 3. The highest BCUT2D eigenvalue weighted by Crippen LogP contribution is 2.11. The number of aromatic amines is 1. The van der Waals surface area contributed by atoms with Crippen molar-refractivity contribution in [1.82, 2.24) is 15.0 Å². The highest BCUT2D eigenvalue weighted by Gasteiger charge is 2.09. The molecule has 0 saturated heterocycles. The van der Waals surface area contributed by atoms with E-state index >= 15 is 0 Å². The van der Waals surface area contributed by atoms with Crippen LogP contribution in [-0.4, -0.2) is 26.0 Å². The van der Waals surface area contributed by atoms with Gasteiger partial charge in [-0.15, -0.1) is 0 Å². The van der Waals surface area contributed by atoms with Crippen LogP contribution < -0.4 is 10.9 Å². The quantitative estimate of drug-likeness (QED) is 0.696. The minimum Gasteiger partial charge on any atom is -0.494 e. The average molecular weight is 267 g/mol. The number of nitrogens with one attached hydrogen (secondary N) is 2. The first-order valence-corrected chi connectivity index (χ1v) is 5.14. The van der Waals surface area contributed by atoms with Crippen LogP contribution >= 0.6 is 11.6 Å². The lowest BCUT2D eigenvalue weighted by Gasteiger charge is -2.04. The second kappa shape index (κ2) is 4.84. The highest BCUT2D eigenvalue weighted by molar-refractivity contribution is 6.29. The molecule has 0 spiro atoms. The summed E-state index contributed by atoms with van der Waals surface area (Å²) in [7, 11) is 0. The maximum absolute atomic E-state index is 11.8. The molecule has 0 aliphatic rings. The monoisotopic (exact) mass is 266 g/mol. The van der Waals surface area contributed by atoms with Gasteiger partial charge in [-0.2, -0.15) is 0 Å². The number of aromatic hydroxyl groups is 1. The van der Waals surface area contributed by atoms with Crippen LogP contribution in [-0.2, 0) is 0 Å². The van der Waals surface area contributed by atoms with Crippen molar-refractivity contribution in [1.29, 1.82) is 0 Å². The molecular formula is C10H7ClN4O3. The molecule has 0 aliphatic heterocycles. The van der Waals surface area contributed by atoms with Crippen LogP contribution in [0.5, 0.6) is 5.88 Å². The Kier molecular flexibility index (Phi) is 3.24. The van der Waals surface area contributed by atoms with E-state index in [1.165, 1.54) is 12.4 Å². The van der Waals surface area contributed by atoms with Crippen molar-refractivity contribution in [2.24, 2.45) is 0 Å². The van der Waals surface area contributed by atoms with E-state index in [-0.39, 0.29) is 16.5 Å². The average Bonchev–Trinajstić information content (AvgIpc) is 2.27. The summed E-state index contributed by atoms with van der Waals surface area (Å²) in [6.45, 7) is 0. The van der Waals surface area contributed by atoms with Gasteiger partial charge in [-0.3, -0.25) is 14.6 Å². The zero-order valence-corrected chi connectivity index (χ0v) is 9.60. The van der Waals surface area contributed by atoms with Crippen molar-refractivity contribution in [2.45, 2.75) is 0 Å². The molecule has 2 aromatic heterocycles. The van der Waals surface area contributed by atoms with Gasteiger partial charge in [-0.25, -0.2) is 9.97 Å². The predicted octanol–water partition coefficient (Wildman–Crippen LogP) is 0.776. The molecule has 2 rings (SSSR count). The SMILES string of the molecule is O=C(Nc1cc(Cl)ncn1)c1cc(O)[nH]c(=O)c1. The summed E-state index contributed by atoms with van der Waals surface area (Å²) in [6.07, 6.45) is 1.19. The minimum atomic E-state index is -0.592. The molecule has 1 amide bonds. The van der Waals surface area contributed by atoms with Gasteiger partial charge in [0.15, 0.2) is 5.88 Å². The standard InChI is InChI=1S/C10H7ClN4O3/c11-6-3-7(13-4-12-6)14-10(18)5-1-8(16)15-9(17)2-5/h1-4H,(H2,15,16,17)(H,12,13,14,18). The largest absolute Gasteiger partial charge is 0.494 e. The lowest BCUT2D eigenvalue weighted by molar-refractivity contribution is 0.102. The number of carbonyl (C=O) groups excluding carboxylic acids is 1. The molecule has 18 heavy (non-hydrogen) atoms. The van der Waals surface area contributed by atoms with Gasteiger partial charge >= 0.3 is 0 Å². The first-order chi connectivity index (χ1) is 8.54. The fourth-order valence-electron chi connectivity index (χ4n) is 1.25. The van der Waals surface area contributed by atoms with Crippen LogP contribution in [0.4, 0.5) is 5.82 Å². The second-order valence-corrected chi connectivity index (χ2v) is 3.69. The van der Waals surface area contributed by atoms with Crippen molar-refractivity contribution in [2.75, 3.05) is 5.32 Å². The summed E-state index contributed by atoms with van der Waals surface area (Å²) < 4.78 is 0. The zero-order valence-electron chi connectivity index (χ0n) is 8.85. The zero-order chi connectivity index (χ0) is 13.1. The molecule has 92 valence electrons. The number of pyridine rings is 1. The number of amides is 1. The number of nitrogens with zero attached hydrogens (tertiary/aromatic N) is 2. The molecule has 0 bridgehead atoms. The van der Waals surface area contributed by atoms with E-state index in [1.807, 2.05) is 0 Å². The van der Waals surface area contributed by atoms with Gasteiger partial charge in [-0.1, -0.05) is 11.6 Å². The van der Waals surface area contributed by atoms with Crippen LogP contribution in [0.2, 0.25) is 5.15 Å². The first kappa shape index (κ1) is 12.1. The maximum atomic E-state index is 11.8. The molecule has 0 radical (unpaired) electrons. The summed E-state index contributed by atoms with van der Waals surface area (Å²) in [4.78, 5) is 32.4. The molecule has 8 heteroatoms. The predicted molar refractivity (Wildman–Crippen MR) is 63.7 cm³/mol. The Morgan fingerprint density at radius 2 is 2.11 bits per heavy atom. The Labute approximate surface area is 105 Å². The van der Waals surface area contributed by atoms with Crippen LogP contribution in [0.3, 0.4) is 0 Å². The lowest BCUT2D eigenvalue weighted by Crippen LogP contribution is -2.16. The third-order valence-electron chi connectivity index (χ3n) is 1.97. The molecular weight excluding hydrogens is 260 g/mol. The van der Waals surface area contributed by atoms with Crippen molar-refractivity contribution in [3.05, 3.63) is 45.6 Å². The van der Waals surface area contributed by atoms with Crippen LogP contribution in [0, 0.1) is 0 Å². The normalized spacial score (nSPS) is 10.1. The Bertz CT molecular complexity index is 656. The fourth-order valence-corrected chi connectivity index (χ4v) is 1.40. The first-order valence-electron chi connectivity index (χ1n) is 4.77. The van der Waals surface area contributed by atoms with E-state index < -0.39 is 17.3 Å². The minimum absolute atomic E-state index is 0.00554. The van der Waals surface area contributed by atoms with E-state index in [0.29, 0.717) is 0 Å². The van der Waals surface area contributed by atoms with Crippen molar-refractivity contribution in [3.8, 4) is 5.88 Å². The number of H-pyrrole nitrogens is 1. The van der Waals surface area contributed by atoms with E-state index in [4.69, 9.17) is 11.6 Å². The molecule has 2 heterocycles. The molecule has 0 fully saturated rings. The molecule has 7 nitrogen and oxygen atoms in total. The Morgan fingerprint density at radius 3 is 2.78 bits per heavy atom. The molecule has 0 saturated carbocycles. The number of anilines is 1. The Morgan fingerprint density at radius 1 is 1.33 bits per heavy atom. The molecule has 0 aromatic carbocycles. The Balaban J connectivity index is 2.24. The molecule has 0 unspecified atom stereocenters. The van der Waals surface area contributed by atoms with Gasteiger partial charge in [0, 0.05) is 18.2 Å². The number of hydrogen-bond acceptors (Lipinski definition) is 5. The van der Waals surface area contributed by atoms with Crippen LogP contribution in [0.1, 0.15) is 10.4 Å². The highest BCUT2D eigenvalue weighted by atomic mass is 35.5. The third-order valence-corrected chi connectivity index (χ3v) is 2.17. The van der Waals surface area contributed by atoms with Gasteiger partial charge in [0.05, 0.1) is 5.56 Å². The van der Waals surface area contributed by atoms with Crippen molar-refractivity contribution < 1.29 is 9.90 Å². The fraction of sp³-hybridized carbons (Fsp3) is 0. The smallest absolute Gasteiger partial charge is 0.257 e. The van der Waals surface area contributed by atoms with E-state index in [1.54, 1.807) is 0 Å². The van der Waals surface area contributed by atoms with E-state index in [2.05, 4.69) is 20.3 Å². The second-order valence-electron chi connectivity index (χ2n) is 3.30. The summed E-state index contributed by atoms with van der Waals surface area (Å²) >= 11 is 5.63. The lowest BCUT2D eigenvalue weighted by atomic mass is 10.2.